The van der Waals surface area contributed by atoms with Crippen LogP contribution in [0.2, 0.25) is 0 Å². The number of carbonyl (C=O) groups excluding carboxylic acids is 1. The van der Waals surface area contributed by atoms with Crippen LogP contribution in [0.3, 0.4) is 0 Å². The van der Waals surface area contributed by atoms with Gasteiger partial charge in [0, 0.05) is 18.1 Å². The maximum atomic E-state index is 12.5. The van der Waals surface area contributed by atoms with Gasteiger partial charge in [0.25, 0.3) is 11.8 Å². The highest BCUT2D eigenvalue weighted by Gasteiger charge is 2.19. The lowest BCUT2D eigenvalue weighted by atomic mass is 10.2. The van der Waals surface area contributed by atoms with Gasteiger partial charge in [-0.2, -0.15) is 5.10 Å². The molecule has 9 heteroatoms. The molecule has 9 nitrogen and oxygen atoms in total. The van der Waals surface area contributed by atoms with Crippen molar-refractivity contribution >= 4 is 22.9 Å². The van der Waals surface area contributed by atoms with E-state index >= 15 is 0 Å². The Kier molecular flexibility index (Phi) is 4.11. The second-order valence-electron chi connectivity index (χ2n) is 5.88. The second kappa shape index (κ2) is 6.60. The summed E-state index contributed by atoms with van der Waals surface area (Å²) in [7, 11) is 1.82. The first-order valence-corrected chi connectivity index (χ1v) is 8.36. The number of fused-ring (bicyclic) bond motifs is 1. The molecule has 1 N–H and O–H groups in total. The molecule has 138 valence electrons. The van der Waals surface area contributed by atoms with E-state index in [2.05, 4.69) is 20.6 Å². The Balaban J connectivity index is 1.56. The van der Waals surface area contributed by atoms with Crippen LogP contribution in [-0.4, -0.2) is 32.5 Å². The number of furan rings is 1. The van der Waals surface area contributed by atoms with Crippen LogP contribution in [0.25, 0.3) is 22.6 Å². The van der Waals surface area contributed by atoms with Crippen LogP contribution in [0.4, 0.5) is 6.01 Å². The van der Waals surface area contributed by atoms with E-state index in [4.69, 9.17) is 13.6 Å². The number of carbonyl (C=O) groups is 1. The molecule has 4 aromatic rings. The van der Waals surface area contributed by atoms with E-state index in [9.17, 15) is 4.79 Å². The molecule has 0 atom stereocenters. The fraction of sp³-hybridized carbons (Fsp3) is 0.222. The average molecular weight is 367 g/mol. The van der Waals surface area contributed by atoms with Gasteiger partial charge in [0.2, 0.25) is 0 Å². The maximum Gasteiger partial charge on any atom is 0.322 e. The van der Waals surface area contributed by atoms with Gasteiger partial charge in [0.15, 0.2) is 17.1 Å². The van der Waals surface area contributed by atoms with Crippen LogP contribution in [0, 0.1) is 6.92 Å². The lowest BCUT2D eigenvalue weighted by Gasteiger charge is -2.02. The normalized spacial score (nSPS) is 11.1. The van der Waals surface area contributed by atoms with Crippen molar-refractivity contribution in [3.05, 3.63) is 41.8 Å². The standard InChI is InChI=1S/C18H17N5O4/c1-4-25-13-7-5-6-11-9-14(26-15(11)13)16(24)19-18-21-20-17(27-18)12-8-10(2)23(3)22-12/h5-9H,4H2,1-3H3,(H,19,21,24). The molecule has 0 saturated heterocycles. The first-order chi connectivity index (χ1) is 13.0. The number of aromatic nitrogens is 4. The lowest BCUT2D eigenvalue weighted by molar-refractivity contribution is 0.0995. The minimum atomic E-state index is -0.499. The number of hydrogen-bond donors (Lipinski definition) is 1. The van der Waals surface area contributed by atoms with Gasteiger partial charge in [-0.05, 0) is 32.0 Å². The SMILES string of the molecule is CCOc1cccc2cc(C(=O)Nc3nnc(-c4cc(C)n(C)n4)o3)oc12. The number of anilines is 1. The molecule has 0 aliphatic heterocycles. The maximum absolute atomic E-state index is 12.5. The molecule has 0 aliphatic carbocycles. The molecule has 0 aliphatic rings. The molecular weight excluding hydrogens is 350 g/mol. The summed E-state index contributed by atoms with van der Waals surface area (Å²) < 4.78 is 18.3. The summed E-state index contributed by atoms with van der Waals surface area (Å²) in [5.41, 5.74) is 1.99. The molecule has 27 heavy (non-hydrogen) atoms. The molecular formula is C18H17N5O4. The van der Waals surface area contributed by atoms with E-state index in [0.717, 1.165) is 11.1 Å². The number of rotatable bonds is 5. The molecule has 3 aromatic heterocycles. The highest BCUT2D eigenvalue weighted by Crippen LogP contribution is 2.29. The topological polar surface area (TPSA) is 108 Å². The summed E-state index contributed by atoms with van der Waals surface area (Å²) in [6, 6.07) is 8.87. The fourth-order valence-electron chi connectivity index (χ4n) is 2.62. The molecule has 0 radical (unpaired) electrons. The van der Waals surface area contributed by atoms with Crippen molar-refractivity contribution in [2.24, 2.45) is 7.05 Å². The van der Waals surface area contributed by atoms with Crippen molar-refractivity contribution < 1.29 is 18.4 Å². The number of benzene rings is 1. The van der Waals surface area contributed by atoms with Crippen LogP contribution < -0.4 is 10.1 Å². The summed E-state index contributed by atoms with van der Waals surface area (Å²) in [4.78, 5) is 12.5. The Morgan fingerprint density at radius 1 is 1.26 bits per heavy atom. The van der Waals surface area contributed by atoms with Crippen LogP contribution in [-0.2, 0) is 7.05 Å². The van der Waals surface area contributed by atoms with Crippen LogP contribution in [0.15, 0.2) is 39.2 Å². The molecule has 0 unspecified atom stereocenters. The largest absolute Gasteiger partial charge is 0.490 e. The molecule has 0 saturated carbocycles. The van der Waals surface area contributed by atoms with Gasteiger partial charge in [-0.25, -0.2) is 0 Å². The number of nitrogens with one attached hydrogen (secondary N) is 1. The van der Waals surface area contributed by atoms with Gasteiger partial charge in [0.1, 0.15) is 5.69 Å². The highest BCUT2D eigenvalue weighted by molar-refractivity contribution is 6.04. The first kappa shape index (κ1) is 16.8. The Morgan fingerprint density at radius 3 is 2.85 bits per heavy atom. The summed E-state index contributed by atoms with van der Waals surface area (Å²) in [6.45, 7) is 4.29. The third-order valence-electron chi connectivity index (χ3n) is 4.01. The molecule has 3 heterocycles. The van der Waals surface area contributed by atoms with Crippen molar-refractivity contribution in [1.82, 2.24) is 20.0 Å². The Labute approximate surface area is 153 Å². The molecule has 4 rings (SSSR count). The average Bonchev–Trinajstić information content (AvgIpc) is 3.35. The van der Waals surface area contributed by atoms with Crippen molar-refractivity contribution in [3.8, 4) is 17.3 Å². The fourth-order valence-corrected chi connectivity index (χ4v) is 2.62. The summed E-state index contributed by atoms with van der Waals surface area (Å²) in [5, 5.41) is 15.3. The lowest BCUT2D eigenvalue weighted by Crippen LogP contribution is -2.11. The number of ether oxygens (including phenoxy) is 1. The predicted octanol–water partition coefficient (Wildman–Crippen LogP) is 3.18. The smallest absolute Gasteiger partial charge is 0.322 e. The molecule has 1 amide bonds. The van der Waals surface area contributed by atoms with E-state index in [1.54, 1.807) is 16.8 Å². The summed E-state index contributed by atoms with van der Waals surface area (Å²) in [5.74, 6) is 0.420. The number of aryl methyl sites for hydroxylation is 2. The van der Waals surface area contributed by atoms with E-state index in [-0.39, 0.29) is 17.7 Å². The van der Waals surface area contributed by atoms with E-state index < -0.39 is 5.91 Å². The predicted molar refractivity (Wildman–Crippen MR) is 96.6 cm³/mol. The van der Waals surface area contributed by atoms with Crippen molar-refractivity contribution in [1.29, 1.82) is 0 Å². The van der Waals surface area contributed by atoms with E-state index in [1.165, 1.54) is 0 Å². The zero-order valence-electron chi connectivity index (χ0n) is 15.0. The highest BCUT2D eigenvalue weighted by atomic mass is 16.5. The van der Waals surface area contributed by atoms with Gasteiger partial charge in [0.05, 0.1) is 6.61 Å². The van der Waals surface area contributed by atoms with Crippen LogP contribution in [0.5, 0.6) is 5.75 Å². The quantitative estimate of drug-likeness (QED) is 0.577. The Bertz CT molecular complexity index is 1100. The van der Waals surface area contributed by atoms with E-state index in [0.29, 0.717) is 23.6 Å². The Hall–Kier alpha value is -3.62. The Morgan fingerprint density at radius 2 is 2.11 bits per heavy atom. The minimum Gasteiger partial charge on any atom is -0.490 e. The third-order valence-corrected chi connectivity index (χ3v) is 4.01. The molecule has 0 fully saturated rings. The van der Waals surface area contributed by atoms with Crippen LogP contribution >= 0.6 is 0 Å². The molecule has 0 spiro atoms. The third kappa shape index (κ3) is 3.14. The van der Waals surface area contributed by atoms with Crippen molar-refractivity contribution in [3.63, 3.8) is 0 Å². The number of para-hydroxylation sites is 1. The summed E-state index contributed by atoms with van der Waals surface area (Å²) >= 11 is 0. The van der Waals surface area contributed by atoms with Crippen LogP contribution in [0.1, 0.15) is 23.2 Å². The molecule has 1 aromatic carbocycles. The van der Waals surface area contributed by atoms with Gasteiger partial charge in [-0.3, -0.25) is 14.8 Å². The number of nitrogens with zero attached hydrogens (tertiary/aromatic N) is 4. The van der Waals surface area contributed by atoms with Gasteiger partial charge in [-0.15, -0.1) is 5.10 Å². The van der Waals surface area contributed by atoms with Crippen molar-refractivity contribution in [2.75, 3.05) is 11.9 Å². The van der Waals surface area contributed by atoms with Crippen molar-refractivity contribution in [2.45, 2.75) is 13.8 Å². The number of amides is 1. The first-order valence-electron chi connectivity index (χ1n) is 8.36. The molecule has 0 bridgehead atoms. The van der Waals surface area contributed by atoms with Gasteiger partial charge in [-0.1, -0.05) is 17.2 Å². The minimum absolute atomic E-state index is 0.0382. The number of hydrogen-bond acceptors (Lipinski definition) is 7. The second-order valence-corrected chi connectivity index (χ2v) is 5.88. The monoisotopic (exact) mass is 367 g/mol. The van der Waals surface area contributed by atoms with Gasteiger partial charge < -0.3 is 13.6 Å². The zero-order valence-corrected chi connectivity index (χ0v) is 15.0. The van der Waals surface area contributed by atoms with E-state index in [1.807, 2.05) is 39.1 Å². The zero-order chi connectivity index (χ0) is 19.0. The summed E-state index contributed by atoms with van der Waals surface area (Å²) in [6.07, 6.45) is 0. The van der Waals surface area contributed by atoms with Gasteiger partial charge >= 0.3 is 6.01 Å².